The molecule has 0 spiro atoms. The fraction of sp³-hybridized carbons (Fsp3) is 0.238. The van der Waals surface area contributed by atoms with Gasteiger partial charge in [0.15, 0.2) is 11.5 Å². The molecule has 0 bridgehead atoms. The zero-order valence-electron chi connectivity index (χ0n) is 15.2. The van der Waals surface area contributed by atoms with Gasteiger partial charge in [0, 0.05) is 22.2 Å². The lowest BCUT2D eigenvalue weighted by atomic mass is 10.2. The molecule has 138 valence electrons. The second-order valence-electron chi connectivity index (χ2n) is 6.48. The summed E-state index contributed by atoms with van der Waals surface area (Å²) in [6.45, 7) is 5.07. The Morgan fingerprint density at radius 1 is 1.07 bits per heavy atom. The van der Waals surface area contributed by atoms with E-state index in [1.165, 1.54) is 5.56 Å². The van der Waals surface area contributed by atoms with Gasteiger partial charge in [0.25, 0.3) is 0 Å². The van der Waals surface area contributed by atoms with E-state index in [1.54, 1.807) is 17.4 Å². The van der Waals surface area contributed by atoms with Gasteiger partial charge < -0.3 is 14.8 Å². The van der Waals surface area contributed by atoms with Crippen molar-refractivity contribution in [2.75, 3.05) is 18.5 Å². The van der Waals surface area contributed by atoms with Crippen molar-refractivity contribution in [3.05, 3.63) is 58.6 Å². The first kappa shape index (κ1) is 17.5. The third-order valence-corrected chi connectivity index (χ3v) is 5.54. The third-order valence-electron chi connectivity index (χ3n) is 4.34. The van der Waals surface area contributed by atoms with Gasteiger partial charge in [-0.1, -0.05) is 29.8 Å². The highest BCUT2D eigenvalue weighted by atomic mass is 32.1. The molecule has 27 heavy (non-hydrogen) atoms. The first-order valence-electron chi connectivity index (χ1n) is 8.81. The van der Waals surface area contributed by atoms with E-state index in [2.05, 4.69) is 41.5 Å². The third kappa shape index (κ3) is 3.95. The Kier molecular flexibility index (Phi) is 4.81. The predicted molar refractivity (Wildman–Crippen MR) is 107 cm³/mol. The van der Waals surface area contributed by atoms with Crippen LogP contribution in [-0.2, 0) is 11.2 Å². The number of rotatable bonds is 4. The molecule has 0 radical (unpaired) electrons. The molecular weight excluding hydrogens is 360 g/mol. The zero-order chi connectivity index (χ0) is 18.8. The standard InChI is InChI=1S/C21H20N2O3S/c1-13-3-5-15(6-4-13)21-22-14(2)19(27-21)12-20(24)23-16-7-8-17-18(11-16)26-10-9-25-17/h3-8,11H,9-10,12H2,1-2H3,(H,23,24). The minimum atomic E-state index is -0.0751. The summed E-state index contributed by atoms with van der Waals surface area (Å²) in [6.07, 6.45) is 0.295. The van der Waals surface area contributed by atoms with Crippen LogP contribution in [0.3, 0.4) is 0 Å². The molecule has 0 unspecified atom stereocenters. The number of anilines is 1. The van der Waals surface area contributed by atoms with Gasteiger partial charge in [-0.15, -0.1) is 11.3 Å². The number of hydrogen-bond donors (Lipinski definition) is 1. The van der Waals surface area contributed by atoms with Crippen LogP contribution in [0, 0.1) is 13.8 Å². The monoisotopic (exact) mass is 380 g/mol. The fourth-order valence-corrected chi connectivity index (χ4v) is 3.95. The van der Waals surface area contributed by atoms with Crippen LogP contribution in [0.2, 0.25) is 0 Å². The van der Waals surface area contributed by atoms with Crippen LogP contribution in [0.5, 0.6) is 11.5 Å². The highest BCUT2D eigenvalue weighted by molar-refractivity contribution is 7.15. The lowest BCUT2D eigenvalue weighted by molar-refractivity contribution is -0.115. The second kappa shape index (κ2) is 7.40. The van der Waals surface area contributed by atoms with Crippen LogP contribution in [0.1, 0.15) is 16.1 Å². The van der Waals surface area contributed by atoms with Crippen molar-refractivity contribution in [1.29, 1.82) is 0 Å². The van der Waals surface area contributed by atoms with Crippen molar-refractivity contribution in [2.45, 2.75) is 20.3 Å². The second-order valence-corrected chi connectivity index (χ2v) is 7.56. The number of ether oxygens (including phenoxy) is 2. The first-order valence-corrected chi connectivity index (χ1v) is 9.63. The number of carbonyl (C=O) groups excluding carboxylic acids is 1. The minimum absolute atomic E-state index is 0.0751. The number of fused-ring (bicyclic) bond motifs is 1. The van der Waals surface area contributed by atoms with Crippen LogP contribution in [0.4, 0.5) is 5.69 Å². The van der Waals surface area contributed by atoms with Crippen LogP contribution in [0.15, 0.2) is 42.5 Å². The molecular formula is C21H20N2O3S. The largest absolute Gasteiger partial charge is 0.486 e. The van der Waals surface area contributed by atoms with E-state index in [-0.39, 0.29) is 5.91 Å². The van der Waals surface area contributed by atoms with Crippen LogP contribution in [-0.4, -0.2) is 24.1 Å². The van der Waals surface area contributed by atoms with Gasteiger partial charge in [-0.3, -0.25) is 4.79 Å². The highest BCUT2D eigenvalue weighted by Gasteiger charge is 2.15. The molecule has 2 aromatic carbocycles. The van der Waals surface area contributed by atoms with Gasteiger partial charge in [0.05, 0.1) is 12.1 Å². The molecule has 2 heterocycles. The van der Waals surface area contributed by atoms with Crippen molar-refractivity contribution in [3.63, 3.8) is 0 Å². The summed E-state index contributed by atoms with van der Waals surface area (Å²) in [4.78, 5) is 18.1. The average molecular weight is 380 g/mol. The normalized spacial score (nSPS) is 12.7. The number of carbonyl (C=O) groups is 1. The van der Waals surface area contributed by atoms with Crippen molar-refractivity contribution in [3.8, 4) is 22.1 Å². The molecule has 1 N–H and O–H groups in total. The molecule has 1 aliphatic heterocycles. The summed E-state index contributed by atoms with van der Waals surface area (Å²) < 4.78 is 11.1. The number of aryl methyl sites for hydroxylation is 2. The van der Waals surface area contributed by atoms with E-state index < -0.39 is 0 Å². The van der Waals surface area contributed by atoms with Gasteiger partial charge >= 0.3 is 0 Å². The van der Waals surface area contributed by atoms with Crippen molar-refractivity contribution in [1.82, 2.24) is 4.98 Å². The summed E-state index contributed by atoms with van der Waals surface area (Å²) in [6, 6.07) is 13.7. The lowest BCUT2D eigenvalue weighted by Gasteiger charge is -2.19. The summed E-state index contributed by atoms with van der Waals surface area (Å²) in [7, 11) is 0. The molecule has 5 nitrogen and oxygen atoms in total. The fourth-order valence-electron chi connectivity index (χ4n) is 2.88. The van der Waals surface area contributed by atoms with Crippen LogP contribution < -0.4 is 14.8 Å². The number of aromatic nitrogens is 1. The molecule has 3 aromatic rings. The van der Waals surface area contributed by atoms with E-state index in [0.29, 0.717) is 36.8 Å². The molecule has 0 fully saturated rings. The maximum absolute atomic E-state index is 12.5. The van der Waals surface area contributed by atoms with Crippen molar-refractivity contribution in [2.24, 2.45) is 0 Å². The smallest absolute Gasteiger partial charge is 0.229 e. The number of benzene rings is 2. The summed E-state index contributed by atoms with van der Waals surface area (Å²) in [5.74, 6) is 1.30. The quantitative estimate of drug-likeness (QED) is 0.730. The Morgan fingerprint density at radius 2 is 1.81 bits per heavy atom. The molecule has 1 aromatic heterocycles. The van der Waals surface area contributed by atoms with Crippen molar-refractivity contribution >= 4 is 22.9 Å². The highest BCUT2D eigenvalue weighted by Crippen LogP contribution is 2.33. The topological polar surface area (TPSA) is 60.5 Å². The van der Waals surface area contributed by atoms with Crippen molar-refractivity contribution < 1.29 is 14.3 Å². The Balaban J connectivity index is 1.46. The Labute approximate surface area is 162 Å². The predicted octanol–water partition coefficient (Wildman–Crippen LogP) is 4.38. The van der Waals surface area contributed by atoms with Gasteiger partial charge in [0.2, 0.25) is 5.91 Å². The van der Waals surface area contributed by atoms with E-state index in [4.69, 9.17) is 9.47 Å². The Bertz CT molecular complexity index is 980. The van der Waals surface area contributed by atoms with Gasteiger partial charge in [0.1, 0.15) is 18.2 Å². The average Bonchev–Trinajstić information content (AvgIpc) is 3.02. The SMILES string of the molecule is Cc1ccc(-c2nc(C)c(CC(=O)Nc3ccc4c(c3)OCCO4)s2)cc1. The maximum Gasteiger partial charge on any atom is 0.229 e. The summed E-state index contributed by atoms with van der Waals surface area (Å²) in [5.41, 5.74) is 3.89. The Hall–Kier alpha value is -2.86. The molecule has 0 saturated carbocycles. The molecule has 4 rings (SSSR count). The number of hydrogen-bond acceptors (Lipinski definition) is 5. The number of thiazole rings is 1. The first-order chi connectivity index (χ1) is 13.1. The van der Waals surface area contributed by atoms with Gasteiger partial charge in [-0.2, -0.15) is 0 Å². The van der Waals surface area contributed by atoms with E-state index in [1.807, 2.05) is 19.1 Å². The molecule has 1 aliphatic rings. The number of amides is 1. The van der Waals surface area contributed by atoms with E-state index >= 15 is 0 Å². The molecule has 0 saturated heterocycles. The van der Waals surface area contributed by atoms with Gasteiger partial charge in [-0.25, -0.2) is 4.98 Å². The number of nitrogens with zero attached hydrogens (tertiary/aromatic N) is 1. The molecule has 0 aliphatic carbocycles. The van der Waals surface area contributed by atoms with Crippen LogP contribution in [0.25, 0.3) is 10.6 Å². The van der Waals surface area contributed by atoms with E-state index in [0.717, 1.165) is 21.1 Å². The molecule has 1 amide bonds. The summed E-state index contributed by atoms with van der Waals surface area (Å²) in [5, 5.41) is 3.87. The zero-order valence-corrected chi connectivity index (χ0v) is 16.1. The van der Waals surface area contributed by atoms with Crippen LogP contribution >= 0.6 is 11.3 Å². The minimum Gasteiger partial charge on any atom is -0.486 e. The molecule has 6 heteroatoms. The maximum atomic E-state index is 12.5. The van der Waals surface area contributed by atoms with E-state index in [9.17, 15) is 4.79 Å². The Morgan fingerprint density at radius 3 is 2.59 bits per heavy atom. The lowest BCUT2D eigenvalue weighted by Crippen LogP contribution is -2.17. The van der Waals surface area contributed by atoms with Gasteiger partial charge in [-0.05, 0) is 26.0 Å². The summed E-state index contributed by atoms with van der Waals surface area (Å²) >= 11 is 1.56. The number of nitrogens with one attached hydrogen (secondary N) is 1. The molecule has 0 atom stereocenters.